The lowest BCUT2D eigenvalue weighted by Gasteiger charge is -2.20. The fourth-order valence-electron chi connectivity index (χ4n) is 3.35. The third-order valence-corrected chi connectivity index (χ3v) is 5.23. The van der Waals surface area contributed by atoms with Crippen LogP contribution >= 0.6 is 0 Å². The number of carbonyl (C=O) groups excluding carboxylic acids is 2. The highest BCUT2D eigenvalue weighted by molar-refractivity contribution is 5.87. The molecule has 0 heterocycles. The van der Waals surface area contributed by atoms with E-state index < -0.39 is 12.1 Å². The maximum atomic E-state index is 11.9. The quantitative estimate of drug-likeness (QED) is 0.121. The van der Waals surface area contributed by atoms with Gasteiger partial charge in [0, 0.05) is 5.57 Å². The summed E-state index contributed by atoms with van der Waals surface area (Å²) in [6, 6.07) is 0. The Morgan fingerprint density at radius 1 is 0.700 bits per heavy atom. The molecule has 0 aromatic carbocycles. The Labute approximate surface area is 185 Å². The summed E-state index contributed by atoms with van der Waals surface area (Å²) < 4.78 is 4.94. The van der Waals surface area contributed by atoms with Crippen molar-refractivity contribution >= 4 is 12.1 Å². The zero-order chi connectivity index (χ0) is 22.5. The van der Waals surface area contributed by atoms with Crippen molar-refractivity contribution in [3.05, 3.63) is 12.2 Å². The number of hydrogen-bond acceptors (Lipinski definition) is 4. The summed E-state index contributed by atoms with van der Waals surface area (Å²) in [6.45, 7) is 9.70. The van der Waals surface area contributed by atoms with Crippen molar-refractivity contribution in [2.24, 2.45) is 0 Å². The van der Waals surface area contributed by atoms with Crippen LogP contribution in [-0.4, -0.2) is 30.3 Å². The first-order valence-corrected chi connectivity index (χ1v) is 12.3. The van der Waals surface area contributed by atoms with Crippen LogP contribution in [0.1, 0.15) is 124 Å². The van der Waals surface area contributed by atoms with Gasteiger partial charge in [-0.1, -0.05) is 110 Å². The second-order valence-corrected chi connectivity index (χ2v) is 8.26. The van der Waals surface area contributed by atoms with E-state index in [9.17, 15) is 9.59 Å². The van der Waals surface area contributed by atoms with Crippen molar-refractivity contribution in [2.45, 2.75) is 124 Å². The van der Waals surface area contributed by atoms with Crippen molar-refractivity contribution in [1.29, 1.82) is 0 Å². The van der Waals surface area contributed by atoms with Gasteiger partial charge in [0.2, 0.25) is 0 Å². The maximum Gasteiger partial charge on any atom is 0.443 e. The summed E-state index contributed by atoms with van der Waals surface area (Å²) in [5, 5.41) is 1.02. The molecule has 0 rings (SSSR count). The Balaban J connectivity index is 3.59. The second-order valence-electron chi connectivity index (χ2n) is 8.26. The first-order valence-electron chi connectivity index (χ1n) is 12.3. The van der Waals surface area contributed by atoms with E-state index in [0.29, 0.717) is 6.54 Å². The van der Waals surface area contributed by atoms with Crippen LogP contribution in [0.4, 0.5) is 4.79 Å². The van der Waals surface area contributed by atoms with Crippen LogP contribution in [-0.2, 0) is 14.4 Å². The van der Waals surface area contributed by atoms with E-state index >= 15 is 0 Å². The smallest absolute Gasteiger partial charge is 0.443 e. The van der Waals surface area contributed by atoms with Gasteiger partial charge in [-0.25, -0.2) is 9.59 Å². The van der Waals surface area contributed by atoms with Gasteiger partial charge in [0.05, 0.1) is 13.2 Å². The molecule has 0 aliphatic carbocycles. The van der Waals surface area contributed by atoms with Crippen LogP contribution in [0.25, 0.3) is 0 Å². The highest BCUT2D eigenvalue weighted by Crippen LogP contribution is 2.14. The lowest BCUT2D eigenvalue weighted by molar-refractivity contribution is -0.176. The lowest BCUT2D eigenvalue weighted by Crippen LogP contribution is -2.35. The molecule has 0 spiro atoms. The molecule has 0 aromatic rings. The van der Waals surface area contributed by atoms with E-state index in [1.54, 1.807) is 13.8 Å². The Bertz CT molecular complexity index is 450. The molecule has 0 saturated heterocycles. The Kier molecular flexibility index (Phi) is 19.7. The molecule has 176 valence electrons. The third-order valence-electron chi connectivity index (χ3n) is 5.23. The predicted molar refractivity (Wildman–Crippen MR) is 124 cm³/mol. The van der Waals surface area contributed by atoms with Crippen molar-refractivity contribution in [1.82, 2.24) is 5.06 Å². The molecule has 5 nitrogen and oxygen atoms in total. The highest BCUT2D eigenvalue weighted by Gasteiger charge is 2.19. The van der Waals surface area contributed by atoms with Crippen LogP contribution in [0.5, 0.6) is 0 Å². The highest BCUT2D eigenvalue weighted by atomic mass is 16.7. The third kappa shape index (κ3) is 17.3. The summed E-state index contributed by atoms with van der Waals surface area (Å²) in [5.74, 6) is -0.598. The fourth-order valence-corrected chi connectivity index (χ4v) is 3.35. The van der Waals surface area contributed by atoms with Gasteiger partial charge in [0.25, 0.3) is 0 Å². The number of amides is 1. The molecule has 0 unspecified atom stereocenters. The van der Waals surface area contributed by atoms with Crippen LogP contribution in [0.15, 0.2) is 12.2 Å². The largest absolute Gasteiger partial charge is 0.448 e. The van der Waals surface area contributed by atoms with Gasteiger partial charge in [-0.05, 0) is 20.3 Å². The van der Waals surface area contributed by atoms with E-state index in [-0.39, 0.29) is 12.2 Å². The predicted octanol–water partition coefficient (Wildman–Crippen LogP) is 7.74. The van der Waals surface area contributed by atoms with Gasteiger partial charge < -0.3 is 9.57 Å². The van der Waals surface area contributed by atoms with E-state index in [0.717, 1.165) is 24.3 Å². The number of nitrogens with zero attached hydrogens (tertiary/aromatic N) is 1. The molecule has 0 aromatic heterocycles. The standard InChI is InChI=1S/C25H47NO4/c1-5-7-8-9-10-11-12-13-14-15-16-17-18-19-20-21-22-26(25(28)29-6-2)30-24(27)23(3)4/h3,5-22H2,1-2,4H3. The molecule has 0 atom stereocenters. The molecule has 30 heavy (non-hydrogen) atoms. The Morgan fingerprint density at radius 3 is 1.47 bits per heavy atom. The molecule has 0 radical (unpaired) electrons. The zero-order valence-corrected chi connectivity index (χ0v) is 20.0. The number of ether oxygens (including phenoxy) is 1. The molecule has 0 bridgehead atoms. The number of rotatable bonds is 19. The second kappa shape index (κ2) is 20.7. The summed E-state index contributed by atoms with van der Waals surface area (Å²) in [7, 11) is 0. The van der Waals surface area contributed by atoms with E-state index in [1.165, 1.54) is 83.5 Å². The molecule has 0 fully saturated rings. The van der Waals surface area contributed by atoms with Crippen molar-refractivity contribution in [3.63, 3.8) is 0 Å². The van der Waals surface area contributed by atoms with Crippen molar-refractivity contribution < 1.29 is 19.2 Å². The van der Waals surface area contributed by atoms with Gasteiger partial charge in [-0.15, -0.1) is 5.06 Å². The number of hydroxylamine groups is 2. The molecule has 0 aliphatic rings. The van der Waals surface area contributed by atoms with E-state index in [1.807, 2.05) is 0 Å². The lowest BCUT2D eigenvalue weighted by atomic mass is 10.0. The van der Waals surface area contributed by atoms with Crippen LogP contribution in [0.2, 0.25) is 0 Å². The van der Waals surface area contributed by atoms with Gasteiger partial charge in [0.1, 0.15) is 0 Å². The summed E-state index contributed by atoms with van der Waals surface area (Å²) >= 11 is 0. The molecule has 5 heteroatoms. The summed E-state index contributed by atoms with van der Waals surface area (Å²) in [6.07, 6.45) is 20.1. The van der Waals surface area contributed by atoms with Crippen molar-refractivity contribution in [2.75, 3.05) is 13.2 Å². The molecular formula is C25H47NO4. The van der Waals surface area contributed by atoms with Crippen LogP contribution in [0, 0.1) is 0 Å². The minimum absolute atomic E-state index is 0.249. The molecular weight excluding hydrogens is 378 g/mol. The van der Waals surface area contributed by atoms with Gasteiger partial charge >= 0.3 is 12.1 Å². The Hall–Kier alpha value is -1.52. The first-order chi connectivity index (χ1) is 14.5. The zero-order valence-electron chi connectivity index (χ0n) is 20.0. The maximum absolute atomic E-state index is 11.9. The van der Waals surface area contributed by atoms with E-state index in [4.69, 9.17) is 9.57 Å². The van der Waals surface area contributed by atoms with Gasteiger partial charge in [-0.3, -0.25) is 0 Å². The fraction of sp³-hybridized carbons (Fsp3) is 0.840. The Morgan fingerprint density at radius 2 is 1.10 bits per heavy atom. The number of carbonyl (C=O) groups is 2. The monoisotopic (exact) mass is 425 g/mol. The van der Waals surface area contributed by atoms with Crippen LogP contribution < -0.4 is 0 Å². The topological polar surface area (TPSA) is 55.8 Å². The minimum Gasteiger partial charge on any atom is -0.448 e. The SMILES string of the molecule is C=C(C)C(=O)ON(CCCCCCCCCCCCCCCCCC)C(=O)OCC. The molecule has 1 amide bonds. The van der Waals surface area contributed by atoms with Gasteiger partial charge in [0.15, 0.2) is 0 Å². The van der Waals surface area contributed by atoms with E-state index in [2.05, 4.69) is 13.5 Å². The average Bonchev–Trinajstić information content (AvgIpc) is 2.72. The minimum atomic E-state index is -0.618. The summed E-state index contributed by atoms with van der Waals surface area (Å²) in [4.78, 5) is 28.6. The molecule has 0 aliphatic heterocycles. The molecule has 0 N–H and O–H groups in total. The number of hydrogen-bond donors (Lipinski definition) is 0. The first kappa shape index (κ1) is 28.5. The average molecular weight is 426 g/mol. The van der Waals surface area contributed by atoms with Gasteiger partial charge in [-0.2, -0.15) is 0 Å². The van der Waals surface area contributed by atoms with Crippen molar-refractivity contribution in [3.8, 4) is 0 Å². The number of unbranched alkanes of at least 4 members (excludes halogenated alkanes) is 15. The molecule has 0 saturated carbocycles. The van der Waals surface area contributed by atoms with Crippen LogP contribution in [0.3, 0.4) is 0 Å². The normalized spacial score (nSPS) is 10.6. The summed E-state index contributed by atoms with van der Waals surface area (Å²) in [5.41, 5.74) is 0.260.